The molecule has 1 aliphatic heterocycles. The Hall–Kier alpha value is -3.32. The molecule has 1 atom stereocenters. The molecule has 2 aromatic rings. The summed E-state index contributed by atoms with van der Waals surface area (Å²) in [5, 5.41) is 22.2. The zero-order valence-electron chi connectivity index (χ0n) is 15.4. The van der Waals surface area contributed by atoms with Crippen LogP contribution in [0.2, 0.25) is 5.02 Å². The summed E-state index contributed by atoms with van der Waals surface area (Å²) in [7, 11) is 1.44. The molecule has 1 amide bonds. The van der Waals surface area contributed by atoms with Crippen LogP contribution in [-0.4, -0.2) is 41.3 Å². The molecule has 1 saturated heterocycles. The van der Waals surface area contributed by atoms with E-state index in [0.29, 0.717) is 21.9 Å². The van der Waals surface area contributed by atoms with E-state index in [1.807, 2.05) is 0 Å². The van der Waals surface area contributed by atoms with Crippen molar-refractivity contribution >= 4 is 35.0 Å². The molecule has 0 unspecified atom stereocenters. The van der Waals surface area contributed by atoms with Crippen LogP contribution in [0.5, 0.6) is 5.75 Å². The number of aliphatic hydroxyl groups is 1. The maximum Gasteiger partial charge on any atom is 0.295 e. The number of ketones is 1. The van der Waals surface area contributed by atoms with Gasteiger partial charge in [0, 0.05) is 35.1 Å². The quantitative estimate of drug-likeness (QED) is 0.439. The number of hydrogen-bond acceptors (Lipinski definition) is 6. The second-order valence-electron chi connectivity index (χ2n) is 6.36. The fraction of sp³-hybridized carbons (Fsp3) is 0.190. The standard InChI is InChI=1S/C21H18ClNO6/c1-29-15-5-3-2-4-14(15)18-17(19(26)12-6-8-13(22)9-7-12)20(27)21(28)23(18)11-10-16(24)25/h2-9,18,26H,10-11H2,1H3,(H,24,25)/p-1/t18-/m1/s1. The third-order valence-electron chi connectivity index (χ3n) is 4.65. The molecule has 0 aromatic heterocycles. The molecule has 8 heteroatoms. The van der Waals surface area contributed by atoms with Crippen molar-refractivity contribution in [3.8, 4) is 5.75 Å². The number of carboxylic acid groups (broad SMARTS) is 1. The number of aliphatic carboxylic acids is 1. The number of hydrogen-bond donors (Lipinski definition) is 1. The van der Waals surface area contributed by atoms with Crippen LogP contribution in [0.15, 0.2) is 54.1 Å². The number of ether oxygens (including phenoxy) is 1. The highest BCUT2D eigenvalue weighted by molar-refractivity contribution is 6.46. The van der Waals surface area contributed by atoms with Crippen LogP contribution in [0.1, 0.15) is 23.6 Å². The molecule has 1 heterocycles. The van der Waals surface area contributed by atoms with Crippen LogP contribution >= 0.6 is 11.6 Å². The Morgan fingerprint density at radius 1 is 1.17 bits per heavy atom. The van der Waals surface area contributed by atoms with Gasteiger partial charge < -0.3 is 24.6 Å². The summed E-state index contributed by atoms with van der Waals surface area (Å²) in [6, 6.07) is 11.8. The Kier molecular flexibility index (Phi) is 5.89. The lowest BCUT2D eigenvalue weighted by Crippen LogP contribution is -2.34. The summed E-state index contributed by atoms with van der Waals surface area (Å²) < 4.78 is 5.35. The lowest BCUT2D eigenvalue weighted by atomic mass is 9.94. The van der Waals surface area contributed by atoms with Gasteiger partial charge in [0.15, 0.2) is 0 Å². The van der Waals surface area contributed by atoms with Crippen molar-refractivity contribution < 1.29 is 29.3 Å². The first-order valence-corrected chi connectivity index (χ1v) is 9.10. The molecule has 2 aromatic carbocycles. The number of carbonyl (C=O) groups is 3. The monoisotopic (exact) mass is 414 g/mol. The Morgan fingerprint density at radius 3 is 2.45 bits per heavy atom. The van der Waals surface area contributed by atoms with Gasteiger partial charge in [-0.1, -0.05) is 29.8 Å². The topological polar surface area (TPSA) is 107 Å². The predicted octanol–water partition coefficient (Wildman–Crippen LogP) is 1.91. The van der Waals surface area contributed by atoms with Crippen LogP contribution in [0.3, 0.4) is 0 Å². The number of nitrogens with zero attached hydrogens (tertiary/aromatic N) is 1. The number of aliphatic hydroxyl groups excluding tert-OH is 1. The largest absolute Gasteiger partial charge is 0.550 e. The highest BCUT2D eigenvalue weighted by Gasteiger charge is 2.46. The molecule has 1 N–H and O–H groups in total. The minimum Gasteiger partial charge on any atom is -0.550 e. The van der Waals surface area contributed by atoms with E-state index >= 15 is 0 Å². The normalized spacial score (nSPS) is 18.1. The molecule has 3 rings (SSSR count). The van der Waals surface area contributed by atoms with Gasteiger partial charge in [-0.2, -0.15) is 0 Å². The van der Waals surface area contributed by atoms with Gasteiger partial charge in [0.2, 0.25) is 0 Å². The number of para-hydroxylation sites is 1. The van der Waals surface area contributed by atoms with Crippen LogP contribution in [0.25, 0.3) is 5.76 Å². The van der Waals surface area contributed by atoms with Crippen molar-refractivity contribution in [3.05, 3.63) is 70.3 Å². The smallest absolute Gasteiger partial charge is 0.295 e. The van der Waals surface area contributed by atoms with Gasteiger partial charge in [-0.05, 0) is 30.3 Å². The maximum atomic E-state index is 12.8. The molecule has 7 nitrogen and oxygen atoms in total. The third kappa shape index (κ3) is 3.95. The molecule has 1 fully saturated rings. The third-order valence-corrected chi connectivity index (χ3v) is 4.90. The number of halogens is 1. The minimum atomic E-state index is -1.36. The summed E-state index contributed by atoms with van der Waals surface area (Å²) in [6.45, 7) is -0.257. The fourth-order valence-electron chi connectivity index (χ4n) is 3.30. The Bertz CT molecular complexity index is 998. The average molecular weight is 415 g/mol. The molecule has 0 radical (unpaired) electrons. The molecule has 29 heavy (non-hydrogen) atoms. The Morgan fingerprint density at radius 2 is 1.83 bits per heavy atom. The number of methoxy groups -OCH3 is 1. The fourth-order valence-corrected chi connectivity index (χ4v) is 3.43. The summed E-state index contributed by atoms with van der Waals surface area (Å²) in [5.74, 6) is -3.17. The van der Waals surface area contributed by atoms with Crippen LogP contribution in [-0.2, 0) is 14.4 Å². The molecule has 0 saturated carbocycles. The van der Waals surface area contributed by atoms with Crippen molar-refractivity contribution in [2.75, 3.05) is 13.7 Å². The van der Waals surface area contributed by atoms with Crippen molar-refractivity contribution in [1.82, 2.24) is 4.90 Å². The first-order valence-electron chi connectivity index (χ1n) is 8.72. The van der Waals surface area contributed by atoms with Crippen LogP contribution in [0, 0.1) is 0 Å². The van der Waals surface area contributed by atoms with Crippen molar-refractivity contribution in [1.29, 1.82) is 0 Å². The number of carboxylic acids is 1. The number of Topliss-reactive ketones (excluding diaryl/α,β-unsaturated/α-hetero) is 1. The number of amides is 1. The maximum absolute atomic E-state index is 12.8. The van der Waals surface area contributed by atoms with E-state index in [4.69, 9.17) is 16.3 Å². The Labute approximate surface area is 171 Å². The van der Waals surface area contributed by atoms with Crippen molar-refractivity contribution in [3.63, 3.8) is 0 Å². The zero-order chi connectivity index (χ0) is 21.1. The van der Waals surface area contributed by atoms with Gasteiger partial charge in [0.05, 0.1) is 18.7 Å². The highest BCUT2D eigenvalue weighted by atomic mass is 35.5. The number of rotatable bonds is 6. The summed E-state index contributed by atoms with van der Waals surface area (Å²) in [5.41, 5.74) is 0.593. The molecular weight excluding hydrogens is 398 g/mol. The zero-order valence-corrected chi connectivity index (χ0v) is 16.2. The second-order valence-corrected chi connectivity index (χ2v) is 6.80. The van der Waals surface area contributed by atoms with E-state index in [9.17, 15) is 24.6 Å². The van der Waals surface area contributed by atoms with Crippen molar-refractivity contribution in [2.24, 2.45) is 0 Å². The van der Waals surface area contributed by atoms with E-state index in [-0.39, 0.29) is 17.9 Å². The van der Waals surface area contributed by atoms with E-state index in [1.54, 1.807) is 36.4 Å². The number of benzene rings is 2. The van der Waals surface area contributed by atoms with Gasteiger partial charge in [-0.15, -0.1) is 0 Å². The van der Waals surface area contributed by atoms with E-state index in [0.717, 1.165) is 4.90 Å². The predicted molar refractivity (Wildman–Crippen MR) is 103 cm³/mol. The summed E-state index contributed by atoms with van der Waals surface area (Å²) >= 11 is 5.88. The first-order chi connectivity index (χ1) is 13.8. The van der Waals surface area contributed by atoms with E-state index < -0.39 is 30.1 Å². The molecule has 0 bridgehead atoms. The lowest BCUT2D eigenvalue weighted by molar-refractivity contribution is -0.305. The molecule has 150 valence electrons. The number of likely N-dealkylation sites (tertiary alicyclic amines) is 1. The van der Waals surface area contributed by atoms with Gasteiger partial charge >= 0.3 is 0 Å². The first kappa shape index (κ1) is 20.4. The molecule has 0 aliphatic carbocycles. The van der Waals surface area contributed by atoms with Crippen LogP contribution in [0.4, 0.5) is 0 Å². The van der Waals surface area contributed by atoms with Gasteiger partial charge in [-0.3, -0.25) is 9.59 Å². The van der Waals surface area contributed by atoms with Gasteiger partial charge in [0.1, 0.15) is 11.5 Å². The van der Waals surface area contributed by atoms with Crippen molar-refractivity contribution in [2.45, 2.75) is 12.5 Å². The minimum absolute atomic E-state index is 0.153. The summed E-state index contributed by atoms with van der Waals surface area (Å²) in [6.07, 6.45) is -0.459. The highest BCUT2D eigenvalue weighted by Crippen LogP contribution is 2.42. The SMILES string of the molecule is COc1ccccc1[C@@H]1C(=C(O)c2ccc(Cl)cc2)C(=O)C(=O)N1CCC(=O)[O-]. The second kappa shape index (κ2) is 8.36. The molecule has 0 spiro atoms. The number of carbonyl (C=O) groups excluding carboxylic acids is 3. The Balaban J connectivity index is 2.20. The van der Waals surface area contributed by atoms with E-state index in [1.165, 1.54) is 19.2 Å². The molecule has 1 aliphatic rings. The molecular formula is C21H17ClNO6-. The van der Waals surface area contributed by atoms with Gasteiger partial charge in [0.25, 0.3) is 11.7 Å². The van der Waals surface area contributed by atoms with Crippen LogP contribution < -0.4 is 9.84 Å². The van der Waals surface area contributed by atoms with Gasteiger partial charge in [-0.25, -0.2) is 0 Å². The summed E-state index contributed by atoms with van der Waals surface area (Å²) in [4.78, 5) is 37.5. The average Bonchev–Trinajstić information content (AvgIpc) is 2.96. The lowest BCUT2D eigenvalue weighted by Gasteiger charge is -2.26. The van der Waals surface area contributed by atoms with E-state index in [2.05, 4.69) is 0 Å².